The fraction of sp³-hybridized carbons (Fsp3) is 0.400. The summed E-state index contributed by atoms with van der Waals surface area (Å²) in [6.07, 6.45) is 3.63. The van der Waals surface area contributed by atoms with E-state index in [4.69, 9.17) is 15.8 Å². The van der Waals surface area contributed by atoms with Gasteiger partial charge in [-0.3, -0.25) is 0 Å². The summed E-state index contributed by atoms with van der Waals surface area (Å²) in [5.41, 5.74) is 19.7. The van der Waals surface area contributed by atoms with E-state index in [-0.39, 0.29) is 19.3 Å². The van der Waals surface area contributed by atoms with Crippen LogP contribution in [-0.2, 0) is 17.6 Å². The standard InChI is InChI=1S/C20H24N6O/c21-25-23-15-19(24-26-22)16-27-20(13-11-17-7-3-1-4-8-17)14-12-18-9-5-2-6-10-18/h1-10,19-20H,11-16H2. The normalized spacial score (nSPS) is 11.4. The molecule has 27 heavy (non-hydrogen) atoms. The number of nitrogens with zero attached hydrogens (tertiary/aromatic N) is 6. The highest BCUT2D eigenvalue weighted by atomic mass is 16.5. The zero-order valence-electron chi connectivity index (χ0n) is 15.3. The summed E-state index contributed by atoms with van der Waals surface area (Å²) < 4.78 is 6.05. The molecule has 0 aliphatic rings. The Morgan fingerprint density at radius 3 is 1.85 bits per heavy atom. The second-order valence-corrected chi connectivity index (χ2v) is 6.28. The molecule has 0 aliphatic carbocycles. The van der Waals surface area contributed by atoms with Crippen LogP contribution < -0.4 is 0 Å². The van der Waals surface area contributed by atoms with Crippen LogP contribution in [0.3, 0.4) is 0 Å². The zero-order chi connectivity index (χ0) is 19.2. The average Bonchev–Trinajstić information content (AvgIpc) is 2.72. The summed E-state index contributed by atoms with van der Waals surface area (Å²) in [6, 6.07) is 20.1. The van der Waals surface area contributed by atoms with E-state index in [0.717, 1.165) is 25.7 Å². The predicted molar refractivity (Wildman–Crippen MR) is 106 cm³/mol. The maximum absolute atomic E-state index is 8.67. The van der Waals surface area contributed by atoms with E-state index in [9.17, 15) is 0 Å². The second-order valence-electron chi connectivity index (χ2n) is 6.28. The number of rotatable bonds is 12. The topological polar surface area (TPSA) is 107 Å². The maximum Gasteiger partial charge on any atom is 0.0664 e. The molecule has 0 N–H and O–H groups in total. The first kappa shape index (κ1) is 20.3. The Morgan fingerprint density at radius 2 is 1.37 bits per heavy atom. The van der Waals surface area contributed by atoms with Crippen molar-refractivity contribution in [3.8, 4) is 0 Å². The summed E-state index contributed by atoms with van der Waals surface area (Å²) in [4.78, 5) is 5.54. The Labute approximate surface area is 159 Å². The summed E-state index contributed by atoms with van der Waals surface area (Å²) in [5.74, 6) is 0. The van der Waals surface area contributed by atoms with E-state index in [1.165, 1.54) is 11.1 Å². The summed E-state index contributed by atoms with van der Waals surface area (Å²) in [5, 5.41) is 7.15. The molecule has 0 radical (unpaired) electrons. The minimum atomic E-state index is -0.484. The highest BCUT2D eigenvalue weighted by molar-refractivity contribution is 5.16. The number of azide groups is 2. The van der Waals surface area contributed by atoms with Crippen molar-refractivity contribution in [3.05, 3.63) is 92.7 Å². The highest BCUT2D eigenvalue weighted by Crippen LogP contribution is 2.15. The molecule has 0 amide bonds. The molecule has 0 bridgehead atoms. The fourth-order valence-corrected chi connectivity index (χ4v) is 2.83. The van der Waals surface area contributed by atoms with E-state index in [2.05, 4.69) is 44.3 Å². The van der Waals surface area contributed by atoms with Crippen LogP contribution in [0.1, 0.15) is 24.0 Å². The van der Waals surface area contributed by atoms with Gasteiger partial charge in [-0.1, -0.05) is 70.9 Å². The molecule has 0 saturated carbocycles. The lowest BCUT2D eigenvalue weighted by atomic mass is 10.0. The van der Waals surface area contributed by atoms with E-state index in [1.54, 1.807) is 0 Å². The van der Waals surface area contributed by atoms with Gasteiger partial charge in [0.25, 0.3) is 0 Å². The molecule has 1 unspecified atom stereocenters. The van der Waals surface area contributed by atoms with Crippen molar-refractivity contribution >= 4 is 0 Å². The van der Waals surface area contributed by atoms with Gasteiger partial charge in [-0.05, 0) is 47.9 Å². The van der Waals surface area contributed by atoms with Crippen molar-refractivity contribution in [1.82, 2.24) is 0 Å². The van der Waals surface area contributed by atoms with Crippen LogP contribution in [0, 0.1) is 0 Å². The molecule has 140 valence electrons. The third-order valence-electron chi connectivity index (χ3n) is 4.29. The molecule has 2 rings (SSSR count). The summed E-state index contributed by atoms with van der Waals surface area (Å²) in [7, 11) is 0. The van der Waals surface area contributed by atoms with Crippen molar-refractivity contribution < 1.29 is 4.74 Å². The molecule has 2 aromatic carbocycles. The fourth-order valence-electron chi connectivity index (χ4n) is 2.83. The van der Waals surface area contributed by atoms with Crippen LogP contribution in [0.2, 0.25) is 0 Å². The molecule has 7 nitrogen and oxygen atoms in total. The SMILES string of the molecule is [N-]=[N+]=NCC(COC(CCc1ccccc1)CCc1ccccc1)N=[N+]=[N-]. The summed E-state index contributed by atoms with van der Waals surface area (Å²) >= 11 is 0. The monoisotopic (exact) mass is 364 g/mol. The maximum atomic E-state index is 8.67. The quantitative estimate of drug-likeness (QED) is 0.272. The Balaban J connectivity index is 1.94. The van der Waals surface area contributed by atoms with Crippen LogP contribution in [-0.4, -0.2) is 25.3 Å². The average molecular weight is 364 g/mol. The van der Waals surface area contributed by atoms with Gasteiger partial charge in [-0.2, -0.15) is 0 Å². The van der Waals surface area contributed by atoms with E-state index in [0.29, 0.717) is 0 Å². The molecule has 0 heterocycles. The molecule has 0 saturated heterocycles. The Morgan fingerprint density at radius 1 is 0.815 bits per heavy atom. The molecule has 1 atom stereocenters. The van der Waals surface area contributed by atoms with Gasteiger partial charge >= 0.3 is 0 Å². The number of hydrogen-bond acceptors (Lipinski definition) is 3. The lowest BCUT2D eigenvalue weighted by Crippen LogP contribution is -2.23. The van der Waals surface area contributed by atoms with Crippen LogP contribution >= 0.6 is 0 Å². The van der Waals surface area contributed by atoms with Crippen LogP contribution in [0.5, 0.6) is 0 Å². The first-order valence-corrected chi connectivity index (χ1v) is 9.06. The van der Waals surface area contributed by atoms with Gasteiger partial charge in [-0.25, -0.2) is 0 Å². The van der Waals surface area contributed by atoms with Crippen LogP contribution in [0.25, 0.3) is 20.9 Å². The molecule has 2 aromatic rings. The highest BCUT2D eigenvalue weighted by Gasteiger charge is 2.13. The number of ether oxygens (including phenoxy) is 1. The van der Waals surface area contributed by atoms with Crippen molar-refractivity contribution in [3.63, 3.8) is 0 Å². The lowest BCUT2D eigenvalue weighted by molar-refractivity contribution is 0.0348. The van der Waals surface area contributed by atoms with Gasteiger partial charge in [0.1, 0.15) is 0 Å². The van der Waals surface area contributed by atoms with Gasteiger partial charge in [-0.15, -0.1) is 0 Å². The number of aryl methyl sites for hydroxylation is 2. The van der Waals surface area contributed by atoms with Gasteiger partial charge in [0.15, 0.2) is 0 Å². The smallest absolute Gasteiger partial charge is 0.0664 e. The van der Waals surface area contributed by atoms with E-state index in [1.807, 2.05) is 36.4 Å². The largest absolute Gasteiger partial charge is 0.378 e. The summed E-state index contributed by atoms with van der Waals surface area (Å²) in [6.45, 7) is 0.349. The van der Waals surface area contributed by atoms with Gasteiger partial charge < -0.3 is 4.74 Å². The predicted octanol–water partition coefficient (Wildman–Crippen LogP) is 5.63. The van der Waals surface area contributed by atoms with Crippen molar-refractivity contribution in [2.45, 2.75) is 37.8 Å². The second kappa shape index (κ2) is 12.4. The Kier molecular flexibility index (Phi) is 9.33. The molecule has 0 aromatic heterocycles. The van der Waals surface area contributed by atoms with Crippen molar-refractivity contribution in [2.24, 2.45) is 10.2 Å². The molecule has 7 heteroatoms. The first-order chi connectivity index (χ1) is 13.3. The Bertz CT molecular complexity index is 711. The molecular weight excluding hydrogens is 340 g/mol. The van der Waals surface area contributed by atoms with E-state index >= 15 is 0 Å². The molecule has 0 aliphatic heterocycles. The van der Waals surface area contributed by atoms with Crippen LogP contribution in [0.4, 0.5) is 0 Å². The zero-order valence-corrected chi connectivity index (χ0v) is 15.3. The van der Waals surface area contributed by atoms with Crippen molar-refractivity contribution in [2.75, 3.05) is 13.2 Å². The Hall–Kier alpha value is -2.98. The molecule has 0 spiro atoms. The van der Waals surface area contributed by atoms with E-state index < -0.39 is 6.04 Å². The minimum Gasteiger partial charge on any atom is -0.378 e. The molecule has 0 fully saturated rings. The lowest BCUT2D eigenvalue weighted by Gasteiger charge is -2.20. The molecular formula is C20H24N6O. The van der Waals surface area contributed by atoms with Gasteiger partial charge in [0, 0.05) is 16.4 Å². The van der Waals surface area contributed by atoms with Crippen LogP contribution in [0.15, 0.2) is 70.9 Å². The van der Waals surface area contributed by atoms with Gasteiger partial charge in [0.05, 0.1) is 18.8 Å². The number of benzene rings is 2. The third kappa shape index (κ3) is 8.29. The minimum absolute atomic E-state index is 0.0351. The van der Waals surface area contributed by atoms with Crippen molar-refractivity contribution in [1.29, 1.82) is 0 Å². The van der Waals surface area contributed by atoms with Gasteiger partial charge in [0.2, 0.25) is 0 Å². The number of hydrogen-bond donors (Lipinski definition) is 0. The third-order valence-corrected chi connectivity index (χ3v) is 4.29. The first-order valence-electron chi connectivity index (χ1n) is 9.06.